The maximum absolute atomic E-state index is 12.5. The molecule has 3 heteroatoms. The quantitative estimate of drug-likeness (QED) is 0.394. The van der Waals surface area contributed by atoms with Crippen molar-refractivity contribution in [1.82, 2.24) is 0 Å². The summed E-state index contributed by atoms with van der Waals surface area (Å²) in [6.45, 7) is 8.38. The minimum absolute atomic E-state index is 0.0253. The van der Waals surface area contributed by atoms with Gasteiger partial charge in [-0.25, -0.2) is 0 Å². The minimum atomic E-state index is -0.388. The number of carbonyl (C=O) groups excluding carboxylic acids is 1. The Morgan fingerprint density at radius 2 is 1.75 bits per heavy atom. The van der Waals surface area contributed by atoms with Crippen LogP contribution in [0.2, 0.25) is 0 Å². The van der Waals surface area contributed by atoms with Crippen molar-refractivity contribution in [2.24, 2.45) is 23.2 Å². The average molecular weight is 390 g/mol. The van der Waals surface area contributed by atoms with Gasteiger partial charge in [-0.1, -0.05) is 29.5 Å². The highest BCUT2D eigenvalue weighted by Gasteiger charge is 2.62. The summed E-state index contributed by atoms with van der Waals surface area (Å²) in [6, 6.07) is 0. The van der Waals surface area contributed by atoms with Crippen LogP contribution >= 0.6 is 22.6 Å². The largest absolute Gasteiger partial charge is 0.458 e. The molecule has 0 aromatic carbocycles. The van der Waals surface area contributed by atoms with Crippen LogP contribution in [0, 0.1) is 23.2 Å². The van der Waals surface area contributed by atoms with Gasteiger partial charge in [0.05, 0.1) is 0 Å². The average Bonchev–Trinajstić information content (AvgIpc) is 2.77. The molecule has 2 nitrogen and oxygen atoms in total. The summed E-state index contributed by atoms with van der Waals surface area (Å²) in [7, 11) is 0. The minimum Gasteiger partial charge on any atom is -0.458 e. The van der Waals surface area contributed by atoms with Crippen LogP contribution < -0.4 is 0 Å². The Morgan fingerprint density at radius 3 is 2.20 bits per heavy atom. The predicted octanol–water partition coefficient (Wildman–Crippen LogP) is 4.74. The van der Waals surface area contributed by atoms with E-state index in [9.17, 15) is 4.79 Å². The van der Waals surface area contributed by atoms with E-state index in [4.69, 9.17) is 4.74 Å². The fourth-order valence-electron chi connectivity index (χ4n) is 5.14. The molecule has 0 heterocycles. The van der Waals surface area contributed by atoms with Gasteiger partial charge in [0.15, 0.2) is 0 Å². The molecule has 4 bridgehead atoms. The number of alkyl halides is 1. The van der Waals surface area contributed by atoms with Crippen LogP contribution in [0.5, 0.6) is 0 Å². The van der Waals surface area contributed by atoms with E-state index in [0.717, 1.165) is 24.2 Å². The van der Waals surface area contributed by atoms with Crippen molar-refractivity contribution in [2.75, 3.05) is 0 Å². The van der Waals surface area contributed by atoms with Crippen LogP contribution in [0.4, 0.5) is 0 Å². The molecule has 20 heavy (non-hydrogen) atoms. The van der Waals surface area contributed by atoms with Crippen LogP contribution in [0.1, 0.15) is 66.2 Å². The van der Waals surface area contributed by atoms with Gasteiger partial charge in [0.2, 0.25) is 0 Å². The Morgan fingerprint density at radius 1 is 1.20 bits per heavy atom. The van der Waals surface area contributed by atoms with Gasteiger partial charge < -0.3 is 4.74 Å². The standard InChI is InChI=1S/C17H27IO2/c1-5-16(4,18)14(19)20-15(2,3)17-8-11-6-12(9-17)13(7-11)10-17/h11-13H,5-10H2,1-4H3. The molecule has 114 valence electrons. The van der Waals surface area contributed by atoms with Gasteiger partial charge in [-0.3, -0.25) is 4.79 Å². The second-order valence-corrected chi connectivity index (χ2v) is 10.6. The van der Waals surface area contributed by atoms with E-state index in [0.29, 0.717) is 0 Å². The number of hydrogen-bond donors (Lipinski definition) is 0. The fourth-order valence-corrected chi connectivity index (χ4v) is 5.25. The topological polar surface area (TPSA) is 26.3 Å². The van der Waals surface area contributed by atoms with E-state index in [2.05, 4.69) is 43.4 Å². The SMILES string of the molecule is CCC(C)(I)C(=O)OC(C)(C)C12CC3CC(C1)C(C3)C2. The third-order valence-electron chi connectivity index (χ3n) is 6.64. The number of hydrogen-bond acceptors (Lipinski definition) is 2. The molecular weight excluding hydrogens is 363 g/mol. The zero-order valence-corrected chi connectivity index (χ0v) is 15.3. The number of ether oxygens (including phenoxy) is 1. The van der Waals surface area contributed by atoms with Crippen LogP contribution in [0.15, 0.2) is 0 Å². The van der Waals surface area contributed by atoms with Crippen molar-refractivity contribution in [3.8, 4) is 0 Å². The van der Waals surface area contributed by atoms with E-state index in [-0.39, 0.29) is 20.4 Å². The molecule has 0 radical (unpaired) electrons. The van der Waals surface area contributed by atoms with Crippen molar-refractivity contribution in [1.29, 1.82) is 0 Å². The molecule has 4 fully saturated rings. The van der Waals surface area contributed by atoms with Crippen molar-refractivity contribution in [3.05, 3.63) is 0 Å². The second kappa shape index (κ2) is 4.60. The van der Waals surface area contributed by atoms with E-state index in [1.54, 1.807) is 0 Å². The zero-order valence-electron chi connectivity index (χ0n) is 13.2. The smallest absolute Gasteiger partial charge is 0.322 e. The molecule has 0 N–H and O–H groups in total. The van der Waals surface area contributed by atoms with Gasteiger partial charge in [0.25, 0.3) is 0 Å². The molecule has 0 aromatic heterocycles. The highest BCUT2D eigenvalue weighted by Crippen LogP contribution is 2.68. The highest BCUT2D eigenvalue weighted by molar-refractivity contribution is 14.1. The Hall–Kier alpha value is 0.200. The van der Waals surface area contributed by atoms with E-state index >= 15 is 0 Å². The van der Waals surface area contributed by atoms with Gasteiger partial charge >= 0.3 is 5.97 Å². The van der Waals surface area contributed by atoms with Crippen molar-refractivity contribution < 1.29 is 9.53 Å². The lowest BCUT2D eigenvalue weighted by molar-refractivity contribution is -0.178. The molecule has 4 aliphatic rings. The molecule has 4 rings (SSSR count). The monoisotopic (exact) mass is 390 g/mol. The second-order valence-electron chi connectivity index (χ2n) is 8.20. The van der Waals surface area contributed by atoms with Crippen molar-refractivity contribution in [3.63, 3.8) is 0 Å². The molecule has 0 spiro atoms. The Labute approximate surface area is 136 Å². The highest BCUT2D eigenvalue weighted by atomic mass is 127. The van der Waals surface area contributed by atoms with E-state index in [1.165, 1.54) is 32.1 Å². The van der Waals surface area contributed by atoms with Crippen LogP contribution in [-0.4, -0.2) is 15.0 Å². The summed E-state index contributed by atoms with van der Waals surface area (Å²) in [4.78, 5) is 12.5. The summed E-state index contributed by atoms with van der Waals surface area (Å²) in [5.74, 6) is 2.72. The van der Waals surface area contributed by atoms with Gasteiger partial charge in [-0.15, -0.1) is 0 Å². The molecule has 3 atom stereocenters. The van der Waals surface area contributed by atoms with Gasteiger partial charge in [-0.05, 0) is 77.0 Å². The van der Waals surface area contributed by atoms with Crippen LogP contribution in [0.3, 0.4) is 0 Å². The van der Waals surface area contributed by atoms with E-state index < -0.39 is 0 Å². The first-order chi connectivity index (χ1) is 9.19. The number of esters is 1. The normalized spacial score (nSPS) is 41.8. The lowest BCUT2D eigenvalue weighted by atomic mass is 9.61. The number of rotatable bonds is 4. The van der Waals surface area contributed by atoms with E-state index in [1.807, 2.05) is 6.92 Å². The number of halogens is 1. The molecular formula is C17H27IO2. The number of carbonyl (C=O) groups is 1. The summed E-state index contributed by atoms with van der Waals surface area (Å²) >= 11 is 2.24. The summed E-state index contributed by atoms with van der Waals surface area (Å²) in [6.07, 6.45) is 7.57. The molecule has 0 aromatic rings. The molecule has 3 unspecified atom stereocenters. The summed E-state index contributed by atoms with van der Waals surface area (Å²) < 4.78 is 5.69. The van der Waals surface area contributed by atoms with Crippen LogP contribution in [-0.2, 0) is 9.53 Å². The summed E-state index contributed by atoms with van der Waals surface area (Å²) in [5.41, 5.74) is -0.0442. The lowest BCUT2D eigenvalue weighted by Gasteiger charge is -2.49. The summed E-state index contributed by atoms with van der Waals surface area (Å²) in [5, 5.41) is 0. The predicted molar refractivity (Wildman–Crippen MR) is 88.9 cm³/mol. The molecule has 4 saturated carbocycles. The molecule has 0 saturated heterocycles. The maximum atomic E-state index is 12.5. The molecule has 0 amide bonds. The lowest BCUT2D eigenvalue weighted by Crippen LogP contribution is -2.51. The third-order valence-corrected chi connectivity index (χ3v) is 7.84. The van der Waals surface area contributed by atoms with Crippen molar-refractivity contribution in [2.45, 2.75) is 75.2 Å². The zero-order chi connectivity index (χ0) is 14.8. The molecule has 4 aliphatic carbocycles. The van der Waals surface area contributed by atoms with Gasteiger partial charge in [-0.2, -0.15) is 0 Å². The first kappa shape index (κ1) is 15.1. The fraction of sp³-hybridized carbons (Fsp3) is 0.941. The Balaban J connectivity index is 1.78. The van der Waals surface area contributed by atoms with Gasteiger partial charge in [0.1, 0.15) is 9.02 Å². The molecule has 0 aliphatic heterocycles. The first-order valence-electron chi connectivity index (χ1n) is 8.11. The van der Waals surface area contributed by atoms with Crippen LogP contribution in [0.25, 0.3) is 0 Å². The van der Waals surface area contributed by atoms with Crippen molar-refractivity contribution >= 4 is 28.6 Å². The van der Waals surface area contributed by atoms with Gasteiger partial charge in [0, 0.05) is 5.41 Å². The Kier molecular flexibility index (Phi) is 3.47. The third kappa shape index (κ3) is 2.14. The Bertz CT molecular complexity index is 407. The maximum Gasteiger partial charge on any atom is 0.322 e. The first-order valence-corrected chi connectivity index (χ1v) is 9.19.